The zero-order valence-corrected chi connectivity index (χ0v) is 16.1. The Labute approximate surface area is 164 Å². The molecule has 1 amide bonds. The summed E-state index contributed by atoms with van der Waals surface area (Å²) in [6.45, 7) is 0.179. The lowest BCUT2D eigenvalue weighted by molar-refractivity contribution is -0.121. The average Bonchev–Trinajstić information content (AvgIpc) is 2.75. The van der Waals surface area contributed by atoms with E-state index in [2.05, 4.69) is 5.32 Å². The van der Waals surface area contributed by atoms with Crippen LogP contribution in [-0.4, -0.2) is 31.8 Å². The maximum absolute atomic E-state index is 12.2. The molecule has 0 heterocycles. The summed E-state index contributed by atoms with van der Waals surface area (Å²) in [6.07, 6.45) is 0.136. The van der Waals surface area contributed by atoms with Gasteiger partial charge in [0.25, 0.3) is 0 Å². The Kier molecular flexibility index (Phi) is 6.50. The fraction of sp³-hybridized carbons (Fsp3) is 0.261. The summed E-state index contributed by atoms with van der Waals surface area (Å²) in [5.74, 6) is 1.28. The molecule has 1 unspecified atom stereocenters. The van der Waals surface area contributed by atoms with Crippen molar-refractivity contribution in [2.24, 2.45) is 0 Å². The van der Waals surface area contributed by atoms with E-state index in [1.807, 2.05) is 54.6 Å². The molecule has 0 aliphatic carbocycles. The zero-order chi connectivity index (χ0) is 19.9. The predicted molar refractivity (Wildman–Crippen MR) is 110 cm³/mol. The monoisotopic (exact) mass is 379 g/mol. The van der Waals surface area contributed by atoms with Crippen LogP contribution in [0.5, 0.6) is 11.5 Å². The Bertz CT molecular complexity index is 932. The second-order valence-corrected chi connectivity index (χ2v) is 6.65. The number of nitrogens with one attached hydrogen (secondary N) is 1. The summed E-state index contributed by atoms with van der Waals surface area (Å²) < 4.78 is 10.5. The van der Waals surface area contributed by atoms with Gasteiger partial charge < -0.3 is 19.9 Å². The maximum atomic E-state index is 12.2. The van der Waals surface area contributed by atoms with Crippen molar-refractivity contribution in [3.8, 4) is 11.5 Å². The summed E-state index contributed by atoms with van der Waals surface area (Å²) in [5, 5.41) is 15.4. The van der Waals surface area contributed by atoms with Crippen molar-refractivity contribution in [2.75, 3.05) is 20.8 Å². The fourth-order valence-corrected chi connectivity index (χ4v) is 3.10. The van der Waals surface area contributed by atoms with Gasteiger partial charge in [-0.05, 0) is 46.5 Å². The van der Waals surface area contributed by atoms with E-state index in [1.165, 1.54) is 0 Å². The van der Waals surface area contributed by atoms with Crippen molar-refractivity contribution in [3.05, 3.63) is 71.8 Å². The van der Waals surface area contributed by atoms with Crippen LogP contribution in [0.15, 0.2) is 60.7 Å². The molecule has 5 nitrogen and oxygen atoms in total. The number of methoxy groups -OCH3 is 2. The molecule has 0 aliphatic heterocycles. The molecule has 0 aromatic heterocycles. The summed E-state index contributed by atoms with van der Waals surface area (Å²) in [7, 11) is 3.19. The molecule has 28 heavy (non-hydrogen) atoms. The molecule has 0 spiro atoms. The molecule has 3 aromatic rings. The first-order chi connectivity index (χ1) is 13.6. The molecule has 5 heteroatoms. The number of hydrogen-bond acceptors (Lipinski definition) is 4. The number of aliphatic hydroxyl groups excluding tert-OH is 1. The lowest BCUT2D eigenvalue weighted by Crippen LogP contribution is -2.28. The van der Waals surface area contributed by atoms with Gasteiger partial charge in [0.05, 0.1) is 20.3 Å². The smallest absolute Gasteiger partial charge is 0.220 e. The number of aliphatic hydroxyl groups is 1. The highest BCUT2D eigenvalue weighted by molar-refractivity contribution is 5.83. The first kappa shape index (κ1) is 19.7. The van der Waals surface area contributed by atoms with Crippen LogP contribution in [-0.2, 0) is 11.2 Å². The quantitative estimate of drug-likeness (QED) is 0.627. The van der Waals surface area contributed by atoms with Gasteiger partial charge >= 0.3 is 0 Å². The zero-order valence-electron chi connectivity index (χ0n) is 16.1. The minimum absolute atomic E-state index is 0.110. The largest absolute Gasteiger partial charge is 0.497 e. The predicted octanol–water partition coefficient (Wildman–Crippen LogP) is 3.64. The number of fused-ring (bicyclic) bond motifs is 1. The van der Waals surface area contributed by atoms with Crippen molar-refractivity contribution in [3.63, 3.8) is 0 Å². The van der Waals surface area contributed by atoms with E-state index < -0.39 is 6.10 Å². The topological polar surface area (TPSA) is 67.8 Å². The van der Waals surface area contributed by atoms with Gasteiger partial charge in [-0.15, -0.1) is 0 Å². The van der Waals surface area contributed by atoms with Crippen molar-refractivity contribution >= 4 is 16.7 Å². The first-order valence-electron chi connectivity index (χ1n) is 9.24. The van der Waals surface area contributed by atoms with E-state index in [-0.39, 0.29) is 12.5 Å². The molecule has 2 N–H and O–H groups in total. The highest BCUT2D eigenvalue weighted by Crippen LogP contribution is 2.23. The van der Waals surface area contributed by atoms with Crippen LogP contribution in [0, 0.1) is 0 Å². The van der Waals surface area contributed by atoms with Crippen LogP contribution in [0.1, 0.15) is 23.7 Å². The molecule has 0 fully saturated rings. The van der Waals surface area contributed by atoms with Crippen molar-refractivity contribution in [1.29, 1.82) is 0 Å². The van der Waals surface area contributed by atoms with Crippen molar-refractivity contribution in [2.45, 2.75) is 18.9 Å². The standard InChI is InChI=1S/C23H25NO4/c1-27-20-11-16(12-21(14-20)28-2)7-10-23(26)24-15-22(25)19-9-8-17-5-3-4-6-18(17)13-19/h3-6,8-9,11-14,22,25H,7,10,15H2,1-2H3,(H,24,26). The summed E-state index contributed by atoms with van der Waals surface area (Å²) in [4.78, 5) is 12.2. The number of aryl methyl sites for hydroxylation is 1. The molecule has 0 saturated carbocycles. The van der Waals surface area contributed by atoms with Crippen molar-refractivity contribution in [1.82, 2.24) is 5.32 Å². The third-order valence-corrected chi connectivity index (χ3v) is 4.70. The van der Waals surface area contributed by atoms with E-state index >= 15 is 0 Å². The summed E-state index contributed by atoms with van der Waals surface area (Å²) >= 11 is 0. The van der Waals surface area contributed by atoms with Crippen LogP contribution in [0.2, 0.25) is 0 Å². The van der Waals surface area contributed by atoms with Gasteiger partial charge in [0.2, 0.25) is 5.91 Å². The number of benzene rings is 3. The molecule has 0 radical (unpaired) electrons. The van der Waals surface area contributed by atoms with Gasteiger partial charge in [-0.1, -0.05) is 36.4 Å². The van der Waals surface area contributed by atoms with Crippen LogP contribution in [0.4, 0.5) is 0 Å². The van der Waals surface area contributed by atoms with E-state index in [1.54, 1.807) is 20.3 Å². The van der Waals surface area contributed by atoms with Crippen LogP contribution >= 0.6 is 0 Å². The lowest BCUT2D eigenvalue weighted by atomic mass is 10.0. The third-order valence-electron chi connectivity index (χ3n) is 4.70. The lowest BCUT2D eigenvalue weighted by Gasteiger charge is -2.13. The second kappa shape index (κ2) is 9.24. The normalized spacial score (nSPS) is 11.8. The van der Waals surface area contributed by atoms with E-state index in [9.17, 15) is 9.90 Å². The number of amides is 1. The third kappa shape index (κ3) is 5.02. The van der Waals surface area contributed by atoms with Crippen LogP contribution < -0.4 is 14.8 Å². The average molecular weight is 379 g/mol. The Morgan fingerprint density at radius 2 is 1.64 bits per heavy atom. The van der Waals surface area contributed by atoms with E-state index in [4.69, 9.17) is 9.47 Å². The highest BCUT2D eigenvalue weighted by Gasteiger charge is 2.11. The maximum Gasteiger partial charge on any atom is 0.220 e. The van der Waals surface area contributed by atoms with Crippen LogP contribution in [0.25, 0.3) is 10.8 Å². The Hall–Kier alpha value is -3.05. The van der Waals surface area contributed by atoms with E-state index in [0.29, 0.717) is 24.3 Å². The molecule has 0 saturated heterocycles. The molecule has 0 bridgehead atoms. The molecular weight excluding hydrogens is 354 g/mol. The Morgan fingerprint density at radius 3 is 2.32 bits per heavy atom. The Balaban J connectivity index is 1.53. The molecule has 0 aliphatic rings. The summed E-state index contributed by atoms with van der Waals surface area (Å²) in [6, 6.07) is 19.4. The first-order valence-corrected chi connectivity index (χ1v) is 9.24. The molecule has 1 atom stereocenters. The van der Waals surface area contributed by atoms with Crippen LogP contribution in [0.3, 0.4) is 0 Å². The minimum Gasteiger partial charge on any atom is -0.497 e. The molecule has 3 aromatic carbocycles. The number of ether oxygens (including phenoxy) is 2. The minimum atomic E-state index is -0.745. The number of carbonyl (C=O) groups excluding carboxylic acids is 1. The van der Waals surface area contributed by atoms with Gasteiger partial charge in [-0.2, -0.15) is 0 Å². The number of rotatable bonds is 8. The molecule has 146 valence electrons. The second-order valence-electron chi connectivity index (χ2n) is 6.65. The van der Waals surface area contributed by atoms with Gasteiger partial charge in [-0.25, -0.2) is 0 Å². The van der Waals surface area contributed by atoms with Gasteiger partial charge in [-0.3, -0.25) is 4.79 Å². The van der Waals surface area contributed by atoms with E-state index in [0.717, 1.165) is 21.9 Å². The molecule has 3 rings (SSSR count). The molecular formula is C23H25NO4. The summed E-state index contributed by atoms with van der Waals surface area (Å²) in [5.41, 5.74) is 1.75. The highest BCUT2D eigenvalue weighted by atomic mass is 16.5. The fourth-order valence-electron chi connectivity index (χ4n) is 3.10. The Morgan fingerprint density at radius 1 is 0.964 bits per heavy atom. The van der Waals surface area contributed by atoms with Gasteiger partial charge in [0.1, 0.15) is 11.5 Å². The van der Waals surface area contributed by atoms with Gasteiger partial charge in [0, 0.05) is 19.0 Å². The van der Waals surface area contributed by atoms with Crippen molar-refractivity contribution < 1.29 is 19.4 Å². The number of carbonyl (C=O) groups is 1. The van der Waals surface area contributed by atoms with Gasteiger partial charge in [0.15, 0.2) is 0 Å². The number of hydrogen-bond donors (Lipinski definition) is 2. The SMILES string of the molecule is COc1cc(CCC(=O)NCC(O)c2ccc3ccccc3c2)cc(OC)c1.